The molecule has 1 heterocycles. The van der Waals surface area contributed by atoms with E-state index in [1.54, 1.807) is 6.20 Å². The highest BCUT2D eigenvalue weighted by atomic mass is 19.1. The van der Waals surface area contributed by atoms with Crippen molar-refractivity contribution in [3.63, 3.8) is 0 Å². The molecule has 0 radical (unpaired) electrons. The number of hydrogen-bond acceptors (Lipinski definition) is 2. The fourth-order valence-corrected chi connectivity index (χ4v) is 4.40. The summed E-state index contributed by atoms with van der Waals surface area (Å²) < 4.78 is 14.5. The van der Waals surface area contributed by atoms with Gasteiger partial charge in [-0.15, -0.1) is 0 Å². The highest BCUT2D eigenvalue weighted by Gasteiger charge is 2.21. The number of rotatable bonds is 8. The number of benzene rings is 1. The molecule has 1 aliphatic rings. The zero-order chi connectivity index (χ0) is 19.1. The Morgan fingerprint density at radius 1 is 0.889 bits per heavy atom. The third-order valence-electron chi connectivity index (χ3n) is 6.04. The molecule has 0 saturated heterocycles. The monoisotopic (exact) mass is 368 g/mol. The van der Waals surface area contributed by atoms with E-state index in [2.05, 4.69) is 35.9 Å². The van der Waals surface area contributed by atoms with Gasteiger partial charge in [0.1, 0.15) is 5.82 Å². The number of nitrogens with zero attached hydrogens (tertiary/aromatic N) is 2. The smallest absolute Gasteiger partial charge is 0.224 e. The van der Waals surface area contributed by atoms with E-state index in [0.717, 1.165) is 43.1 Å². The summed E-state index contributed by atoms with van der Waals surface area (Å²) in [4.78, 5) is 8.61. The molecule has 1 aromatic heterocycles. The second-order valence-electron chi connectivity index (χ2n) is 8.15. The van der Waals surface area contributed by atoms with Gasteiger partial charge in [-0.25, -0.2) is 9.97 Å². The summed E-state index contributed by atoms with van der Waals surface area (Å²) in [6.45, 7) is 4.44. The molecule has 0 bridgehead atoms. The SMILES string of the molecule is CCCc1ccc(-c2cnc(CC[C@H]3CC[C@H](CCC)CC3)nc2F)cc1. The third-order valence-corrected chi connectivity index (χ3v) is 6.04. The van der Waals surface area contributed by atoms with Crippen molar-refractivity contribution in [1.82, 2.24) is 9.97 Å². The van der Waals surface area contributed by atoms with Crippen LogP contribution in [-0.4, -0.2) is 9.97 Å². The van der Waals surface area contributed by atoms with Gasteiger partial charge in [0.2, 0.25) is 5.95 Å². The molecule has 1 aliphatic carbocycles. The van der Waals surface area contributed by atoms with Crippen LogP contribution in [0.15, 0.2) is 30.5 Å². The Balaban J connectivity index is 1.55. The van der Waals surface area contributed by atoms with Gasteiger partial charge < -0.3 is 0 Å². The van der Waals surface area contributed by atoms with Gasteiger partial charge in [-0.3, -0.25) is 0 Å². The van der Waals surface area contributed by atoms with Gasteiger partial charge >= 0.3 is 0 Å². The molecule has 0 aliphatic heterocycles. The average Bonchev–Trinajstić information content (AvgIpc) is 2.69. The zero-order valence-electron chi connectivity index (χ0n) is 16.9. The fraction of sp³-hybridized carbons (Fsp3) is 0.583. The van der Waals surface area contributed by atoms with E-state index in [9.17, 15) is 4.39 Å². The van der Waals surface area contributed by atoms with Gasteiger partial charge in [0.25, 0.3) is 0 Å². The lowest BCUT2D eigenvalue weighted by atomic mass is 9.78. The lowest BCUT2D eigenvalue weighted by Crippen LogP contribution is -2.15. The zero-order valence-corrected chi connectivity index (χ0v) is 16.9. The average molecular weight is 369 g/mol. The molecule has 1 saturated carbocycles. The molecule has 0 amide bonds. The first-order valence-corrected chi connectivity index (χ1v) is 10.8. The highest BCUT2D eigenvalue weighted by molar-refractivity contribution is 5.62. The first-order valence-electron chi connectivity index (χ1n) is 10.8. The van der Waals surface area contributed by atoms with Crippen molar-refractivity contribution in [2.45, 2.75) is 78.1 Å². The lowest BCUT2D eigenvalue weighted by Gasteiger charge is -2.28. The van der Waals surface area contributed by atoms with E-state index in [4.69, 9.17) is 0 Å². The highest BCUT2D eigenvalue weighted by Crippen LogP contribution is 2.33. The van der Waals surface area contributed by atoms with Gasteiger partial charge in [0.05, 0.1) is 5.56 Å². The molecule has 2 nitrogen and oxygen atoms in total. The van der Waals surface area contributed by atoms with Crippen LogP contribution in [0.1, 0.15) is 76.6 Å². The summed E-state index contributed by atoms with van der Waals surface area (Å²) in [5, 5.41) is 0. The van der Waals surface area contributed by atoms with E-state index >= 15 is 0 Å². The summed E-state index contributed by atoms with van der Waals surface area (Å²) in [6.07, 6.45) is 13.7. The molecule has 1 fully saturated rings. The number of hydrogen-bond donors (Lipinski definition) is 0. The van der Waals surface area contributed by atoms with Gasteiger partial charge in [0, 0.05) is 12.6 Å². The largest absolute Gasteiger partial charge is 0.241 e. The molecule has 0 spiro atoms. The van der Waals surface area contributed by atoms with Crippen LogP contribution < -0.4 is 0 Å². The quantitative estimate of drug-likeness (QED) is 0.480. The maximum atomic E-state index is 14.5. The van der Waals surface area contributed by atoms with Gasteiger partial charge in [-0.2, -0.15) is 4.39 Å². The minimum absolute atomic E-state index is 0.394. The molecule has 27 heavy (non-hydrogen) atoms. The maximum absolute atomic E-state index is 14.5. The minimum atomic E-state index is -0.394. The van der Waals surface area contributed by atoms with Crippen LogP contribution in [0, 0.1) is 17.8 Å². The van der Waals surface area contributed by atoms with Crippen LogP contribution >= 0.6 is 0 Å². The van der Waals surface area contributed by atoms with E-state index in [-0.39, 0.29) is 0 Å². The first-order chi connectivity index (χ1) is 13.2. The summed E-state index contributed by atoms with van der Waals surface area (Å²) in [5.74, 6) is 1.95. The van der Waals surface area contributed by atoms with Crippen molar-refractivity contribution >= 4 is 0 Å². The van der Waals surface area contributed by atoms with Crippen molar-refractivity contribution in [3.8, 4) is 11.1 Å². The topological polar surface area (TPSA) is 25.8 Å². The molecular weight excluding hydrogens is 335 g/mol. The van der Waals surface area contributed by atoms with Crippen molar-refractivity contribution in [1.29, 1.82) is 0 Å². The fourth-order valence-electron chi connectivity index (χ4n) is 4.40. The summed E-state index contributed by atoms with van der Waals surface area (Å²) >= 11 is 0. The molecule has 2 aromatic rings. The van der Waals surface area contributed by atoms with Crippen molar-refractivity contribution in [2.24, 2.45) is 11.8 Å². The predicted octanol–water partition coefficient (Wildman–Crippen LogP) is 6.77. The van der Waals surface area contributed by atoms with Crippen molar-refractivity contribution < 1.29 is 4.39 Å². The molecule has 0 atom stereocenters. The Morgan fingerprint density at radius 2 is 1.56 bits per heavy atom. The second-order valence-corrected chi connectivity index (χ2v) is 8.15. The molecular formula is C24H33FN2. The number of aromatic nitrogens is 2. The molecule has 1 aromatic carbocycles. The predicted molar refractivity (Wildman–Crippen MR) is 110 cm³/mol. The van der Waals surface area contributed by atoms with Crippen LogP contribution in [0.2, 0.25) is 0 Å². The second kappa shape index (κ2) is 9.96. The Bertz CT molecular complexity index is 703. The maximum Gasteiger partial charge on any atom is 0.224 e. The Morgan fingerprint density at radius 3 is 2.15 bits per heavy atom. The standard InChI is InChI=1S/C24H33FN2/c1-3-5-18-7-9-20(10-8-18)13-16-23-26-17-22(24(25)27-23)21-14-11-19(6-4-2)12-15-21/h11-12,14-15,17-18,20H,3-10,13,16H2,1-2H3/t18-,20-. The molecule has 3 heteroatoms. The van der Waals surface area contributed by atoms with Crippen molar-refractivity contribution in [3.05, 3.63) is 47.8 Å². The Kier molecular flexibility index (Phi) is 7.37. The Hall–Kier alpha value is -1.77. The number of aryl methyl sites for hydroxylation is 2. The minimum Gasteiger partial charge on any atom is -0.241 e. The van der Waals surface area contributed by atoms with E-state index in [1.165, 1.54) is 44.1 Å². The summed E-state index contributed by atoms with van der Waals surface area (Å²) in [7, 11) is 0. The third kappa shape index (κ3) is 5.60. The van der Waals surface area contributed by atoms with E-state index in [0.29, 0.717) is 11.4 Å². The molecule has 0 N–H and O–H groups in total. The number of halogens is 1. The van der Waals surface area contributed by atoms with Crippen LogP contribution in [-0.2, 0) is 12.8 Å². The van der Waals surface area contributed by atoms with Crippen LogP contribution in [0.3, 0.4) is 0 Å². The molecule has 146 valence electrons. The van der Waals surface area contributed by atoms with Gasteiger partial charge in [0.15, 0.2) is 0 Å². The lowest BCUT2D eigenvalue weighted by molar-refractivity contribution is 0.251. The van der Waals surface area contributed by atoms with Gasteiger partial charge in [-0.1, -0.05) is 83.1 Å². The van der Waals surface area contributed by atoms with Crippen LogP contribution in [0.4, 0.5) is 4.39 Å². The van der Waals surface area contributed by atoms with Crippen molar-refractivity contribution in [2.75, 3.05) is 0 Å². The normalized spacial score (nSPS) is 20.0. The molecule has 0 unspecified atom stereocenters. The van der Waals surface area contributed by atoms with E-state index in [1.807, 2.05) is 12.1 Å². The Labute approximate surface area is 163 Å². The summed E-state index contributed by atoms with van der Waals surface area (Å²) in [6, 6.07) is 8.09. The van der Waals surface area contributed by atoms with Crippen LogP contribution in [0.5, 0.6) is 0 Å². The first kappa shape index (κ1) is 20.0. The van der Waals surface area contributed by atoms with E-state index < -0.39 is 5.95 Å². The molecule has 3 rings (SSSR count). The van der Waals surface area contributed by atoms with Crippen LogP contribution in [0.25, 0.3) is 11.1 Å². The summed E-state index contributed by atoms with van der Waals surface area (Å²) in [5.41, 5.74) is 2.64. The van der Waals surface area contributed by atoms with Gasteiger partial charge in [-0.05, 0) is 35.8 Å².